The van der Waals surface area contributed by atoms with E-state index in [1.165, 1.54) is 12.3 Å². The molecule has 8 heteroatoms. The van der Waals surface area contributed by atoms with Gasteiger partial charge in [0, 0.05) is 4.47 Å². The van der Waals surface area contributed by atoms with Gasteiger partial charge in [-0.25, -0.2) is 0 Å². The first kappa shape index (κ1) is 11.9. The molecule has 0 aliphatic carbocycles. The fraction of sp³-hybridized carbons (Fsp3) is 0.111. The highest BCUT2D eigenvalue weighted by Crippen LogP contribution is 2.32. The zero-order valence-electron chi connectivity index (χ0n) is 8.24. The number of anilines is 1. The maximum atomic E-state index is 12.5. The van der Waals surface area contributed by atoms with Crippen molar-refractivity contribution in [3.05, 3.63) is 34.4 Å². The molecule has 90 valence electrons. The van der Waals surface area contributed by atoms with E-state index in [1.54, 1.807) is 0 Å². The first-order chi connectivity index (χ1) is 7.88. The minimum absolute atomic E-state index is 0.134. The fourth-order valence-corrected chi connectivity index (χ4v) is 1.64. The van der Waals surface area contributed by atoms with Crippen molar-refractivity contribution in [2.75, 3.05) is 5.73 Å². The van der Waals surface area contributed by atoms with Crippen LogP contribution in [0, 0.1) is 0 Å². The number of hydrogen-bond acceptors (Lipinski definition) is 3. The molecule has 4 nitrogen and oxygen atoms in total. The van der Waals surface area contributed by atoms with E-state index in [0.717, 1.165) is 16.9 Å². The lowest BCUT2D eigenvalue weighted by Gasteiger charge is -2.09. The summed E-state index contributed by atoms with van der Waals surface area (Å²) in [5.74, 6) is 0.134. The summed E-state index contributed by atoms with van der Waals surface area (Å²) in [5.41, 5.74) is 4.76. The van der Waals surface area contributed by atoms with Crippen molar-refractivity contribution in [3.8, 4) is 5.69 Å². The Morgan fingerprint density at radius 1 is 1.29 bits per heavy atom. The standard InChI is InChI=1S/C9H6BrF3N4/c10-6-2-1-5(9(11,12)13)3-7(6)17-15-4-8(14)16-17/h1-4H,(H2,14,16). The molecule has 0 fully saturated rings. The summed E-state index contributed by atoms with van der Waals surface area (Å²) >= 11 is 3.13. The molecule has 0 saturated heterocycles. The Bertz CT molecular complexity index is 549. The Hall–Kier alpha value is -1.57. The largest absolute Gasteiger partial charge is 0.416 e. The maximum Gasteiger partial charge on any atom is 0.416 e. The predicted octanol–water partition coefficient (Wildman–Crippen LogP) is 2.63. The van der Waals surface area contributed by atoms with E-state index < -0.39 is 11.7 Å². The number of benzene rings is 1. The predicted molar refractivity (Wildman–Crippen MR) is 58.5 cm³/mol. The van der Waals surface area contributed by atoms with Crippen LogP contribution in [0.1, 0.15) is 5.56 Å². The van der Waals surface area contributed by atoms with Crippen molar-refractivity contribution in [1.29, 1.82) is 0 Å². The molecule has 2 aromatic rings. The average molecular weight is 307 g/mol. The topological polar surface area (TPSA) is 56.7 Å². The van der Waals surface area contributed by atoms with Crippen molar-refractivity contribution in [2.45, 2.75) is 6.18 Å². The van der Waals surface area contributed by atoms with Crippen molar-refractivity contribution in [1.82, 2.24) is 15.0 Å². The fourth-order valence-electron chi connectivity index (χ4n) is 1.23. The molecule has 0 unspecified atom stereocenters. The molecule has 0 spiro atoms. The third-order valence-corrected chi connectivity index (χ3v) is 2.67. The number of nitrogens with zero attached hydrogens (tertiary/aromatic N) is 3. The van der Waals surface area contributed by atoms with Crippen LogP contribution in [0.25, 0.3) is 5.69 Å². The van der Waals surface area contributed by atoms with E-state index in [2.05, 4.69) is 26.1 Å². The molecule has 0 aliphatic heterocycles. The van der Waals surface area contributed by atoms with E-state index in [0.29, 0.717) is 4.47 Å². The number of halogens is 4. The Morgan fingerprint density at radius 3 is 2.53 bits per heavy atom. The number of aromatic nitrogens is 3. The molecule has 0 radical (unpaired) electrons. The van der Waals surface area contributed by atoms with Crippen molar-refractivity contribution in [3.63, 3.8) is 0 Å². The summed E-state index contributed by atoms with van der Waals surface area (Å²) in [6.07, 6.45) is -3.15. The van der Waals surface area contributed by atoms with Crippen molar-refractivity contribution >= 4 is 21.7 Å². The number of alkyl halides is 3. The zero-order valence-corrected chi connectivity index (χ0v) is 9.83. The molecular weight excluding hydrogens is 301 g/mol. The third-order valence-electron chi connectivity index (χ3n) is 2.00. The van der Waals surface area contributed by atoms with Crippen LogP contribution >= 0.6 is 15.9 Å². The molecule has 2 N–H and O–H groups in total. The highest BCUT2D eigenvalue weighted by Gasteiger charge is 2.31. The van der Waals surface area contributed by atoms with Gasteiger partial charge in [-0.3, -0.25) is 0 Å². The van der Waals surface area contributed by atoms with E-state index in [9.17, 15) is 13.2 Å². The van der Waals surface area contributed by atoms with Crippen molar-refractivity contribution in [2.24, 2.45) is 0 Å². The number of rotatable bonds is 1. The highest BCUT2D eigenvalue weighted by atomic mass is 79.9. The molecule has 17 heavy (non-hydrogen) atoms. The lowest BCUT2D eigenvalue weighted by Crippen LogP contribution is -2.08. The molecular formula is C9H6BrF3N4. The van der Waals surface area contributed by atoms with Crippen molar-refractivity contribution < 1.29 is 13.2 Å². The minimum Gasteiger partial charge on any atom is -0.381 e. The SMILES string of the molecule is Nc1cnn(-c2cc(C(F)(F)F)ccc2Br)n1. The van der Waals surface area contributed by atoms with Gasteiger partial charge in [0.05, 0.1) is 11.8 Å². The minimum atomic E-state index is -4.41. The Labute approximate surface area is 102 Å². The summed E-state index contributed by atoms with van der Waals surface area (Å²) < 4.78 is 38.0. The normalized spacial score (nSPS) is 11.8. The summed E-state index contributed by atoms with van der Waals surface area (Å²) in [7, 11) is 0. The second kappa shape index (κ2) is 4.02. The van der Waals surface area contributed by atoms with Crippen LogP contribution in [0.5, 0.6) is 0 Å². The number of nitrogen functional groups attached to an aromatic ring is 1. The van der Waals surface area contributed by atoms with Gasteiger partial charge in [-0.1, -0.05) is 0 Å². The zero-order chi connectivity index (χ0) is 12.6. The summed E-state index contributed by atoms with van der Waals surface area (Å²) in [6, 6.07) is 3.21. The monoisotopic (exact) mass is 306 g/mol. The molecule has 0 amide bonds. The second-order valence-corrected chi connectivity index (χ2v) is 4.08. The molecule has 2 rings (SSSR count). The quantitative estimate of drug-likeness (QED) is 0.881. The lowest BCUT2D eigenvalue weighted by atomic mass is 10.2. The third kappa shape index (κ3) is 2.41. The highest BCUT2D eigenvalue weighted by molar-refractivity contribution is 9.10. The van der Waals surface area contributed by atoms with Gasteiger partial charge in [0.2, 0.25) is 0 Å². The van der Waals surface area contributed by atoms with Crippen LogP contribution in [0.2, 0.25) is 0 Å². The molecule has 0 bridgehead atoms. The van der Waals surface area contributed by atoms with Gasteiger partial charge in [0.15, 0.2) is 5.82 Å². The second-order valence-electron chi connectivity index (χ2n) is 3.22. The Morgan fingerprint density at radius 2 is 2.00 bits per heavy atom. The number of nitrogens with two attached hydrogens (primary N) is 1. The molecule has 0 saturated carbocycles. The molecule has 1 aromatic carbocycles. The van der Waals surface area contributed by atoms with Crippen LogP contribution in [0.15, 0.2) is 28.9 Å². The first-order valence-electron chi connectivity index (χ1n) is 4.43. The Balaban J connectivity index is 2.54. The van der Waals surface area contributed by atoms with E-state index in [1.807, 2.05) is 0 Å². The van der Waals surface area contributed by atoms with E-state index in [4.69, 9.17) is 5.73 Å². The maximum absolute atomic E-state index is 12.5. The van der Waals surface area contributed by atoms with Gasteiger partial charge in [0.25, 0.3) is 0 Å². The van der Waals surface area contributed by atoms with Gasteiger partial charge in [-0.05, 0) is 34.1 Å². The molecule has 1 heterocycles. The smallest absolute Gasteiger partial charge is 0.381 e. The van der Waals surface area contributed by atoms with Gasteiger partial charge < -0.3 is 5.73 Å². The lowest BCUT2D eigenvalue weighted by molar-refractivity contribution is -0.137. The Kier molecular flexibility index (Phi) is 2.82. The van der Waals surface area contributed by atoms with Crippen LogP contribution in [-0.4, -0.2) is 15.0 Å². The molecule has 0 aliphatic rings. The summed E-state index contributed by atoms with van der Waals surface area (Å²) in [4.78, 5) is 1.04. The molecule has 0 atom stereocenters. The van der Waals surface area contributed by atoms with Crippen LogP contribution in [0.4, 0.5) is 19.0 Å². The van der Waals surface area contributed by atoms with Gasteiger partial charge >= 0.3 is 6.18 Å². The first-order valence-corrected chi connectivity index (χ1v) is 5.22. The summed E-state index contributed by atoms with van der Waals surface area (Å²) in [6.45, 7) is 0. The van der Waals surface area contributed by atoms with Gasteiger partial charge in [-0.2, -0.15) is 18.3 Å². The van der Waals surface area contributed by atoms with Crippen LogP contribution in [-0.2, 0) is 6.18 Å². The van der Waals surface area contributed by atoms with E-state index in [-0.39, 0.29) is 11.5 Å². The average Bonchev–Trinajstić information content (AvgIpc) is 2.63. The molecule has 1 aromatic heterocycles. The van der Waals surface area contributed by atoms with Gasteiger partial charge in [-0.15, -0.1) is 9.90 Å². The van der Waals surface area contributed by atoms with Crippen LogP contribution in [0.3, 0.4) is 0 Å². The van der Waals surface area contributed by atoms with Gasteiger partial charge in [0.1, 0.15) is 5.69 Å². The number of hydrogen-bond donors (Lipinski definition) is 1. The summed E-state index contributed by atoms with van der Waals surface area (Å²) in [5, 5.41) is 7.50. The van der Waals surface area contributed by atoms with Crippen LogP contribution < -0.4 is 5.73 Å². The van der Waals surface area contributed by atoms with E-state index >= 15 is 0 Å².